The number of benzene rings is 1. The van der Waals surface area contributed by atoms with E-state index in [1.54, 1.807) is 47.4 Å². The van der Waals surface area contributed by atoms with Crippen LogP contribution in [-0.2, 0) is 15.3 Å². The maximum Gasteiger partial charge on any atom is 0.338 e. The summed E-state index contributed by atoms with van der Waals surface area (Å²) in [4.78, 5) is 25.0. The van der Waals surface area contributed by atoms with E-state index in [1.807, 2.05) is 19.9 Å². The van der Waals surface area contributed by atoms with Gasteiger partial charge in [-0.15, -0.1) is 11.3 Å². The first kappa shape index (κ1) is 20.3. The normalized spacial score (nSPS) is 10.6. The first-order chi connectivity index (χ1) is 12.5. The minimum atomic E-state index is -0.525. The molecule has 0 saturated carbocycles. The van der Waals surface area contributed by atoms with Crippen LogP contribution in [0, 0.1) is 0 Å². The van der Waals surface area contributed by atoms with Crippen LogP contribution in [0.1, 0.15) is 29.1 Å². The second-order valence-electron chi connectivity index (χ2n) is 5.75. The van der Waals surface area contributed by atoms with Crippen LogP contribution in [0.5, 0.6) is 5.75 Å². The average molecular weight is 394 g/mol. The van der Waals surface area contributed by atoms with Crippen LogP contribution in [0.2, 0.25) is 0 Å². The number of hydrogen-bond donors (Lipinski definition) is 1. The number of thioether (sulfide) groups is 1. The van der Waals surface area contributed by atoms with Crippen LogP contribution in [0.4, 0.5) is 0 Å². The van der Waals surface area contributed by atoms with E-state index >= 15 is 0 Å². The molecular formula is C19H23NO4S2. The van der Waals surface area contributed by atoms with Gasteiger partial charge >= 0.3 is 5.97 Å². The van der Waals surface area contributed by atoms with Crippen molar-refractivity contribution in [2.24, 2.45) is 0 Å². The molecule has 0 saturated heterocycles. The van der Waals surface area contributed by atoms with Gasteiger partial charge in [0.05, 0.1) is 11.7 Å². The van der Waals surface area contributed by atoms with Gasteiger partial charge in [0, 0.05) is 22.9 Å². The predicted molar refractivity (Wildman–Crippen MR) is 106 cm³/mol. The molecule has 0 unspecified atom stereocenters. The van der Waals surface area contributed by atoms with Gasteiger partial charge in [-0.2, -0.15) is 11.8 Å². The largest absolute Gasteiger partial charge is 0.491 e. The van der Waals surface area contributed by atoms with Gasteiger partial charge in [0.15, 0.2) is 6.61 Å². The Bertz CT molecular complexity index is 684. The van der Waals surface area contributed by atoms with Gasteiger partial charge in [-0.1, -0.05) is 6.07 Å². The van der Waals surface area contributed by atoms with Crippen molar-refractivity contribution in [3.63, 3.8) is 0 Å². The van der Waals surface area contributed by atoms with Gasteiger partial charge in [-0.25, -0.2) is 4.79 Å². The molecular weight excluding hydrogens is 370 g/mol. The summed E-state index contributed by atoms with van der Waals surface area (Å²) in [5, 5.41) is 4.80. The van der Waals surface area contributed by atoms with Crippen LogP contribution in [0.15, 0.2) is 41.8 Å². The van der Waals surface area contributed by atoms with Crippen molar-refractivity contribution in [3.05, 3.63) is 52.2 Å². The summed E-state index contributed by atoms with van der Waals surface area (Å²) in [6, 6.07) is 10.8. The molecule has 0 aliphatic rings. The van der Waals surface area contributed by atoms with Gasteiger partial charge in [-0.05, 0) is 49.6 Å². The number of amides is 1. The molecule has 0 bridgehead atoms. The Morgan fingerprint density at radius 2 is 1.96 bits per heavy atom. The molecule has 0 fully saturated rings. The number of hydrogen-bond acceptors (Lipinski definition) is 6. The molecule has 140 valence electrons. The first-order valence-corrected chi connectivity index (χ1v) is 10.4. The molecule has 2 aromatic rings. The number of esters is 1. The number of ether oxygens (including phenoxy) is 2. The molecule has 1 aromatic carbocycles. The molecule has 0 aliphatic carbocycles. The summed E-state index contributed by atoms with van der Waals surface area (Å²) in [7, 11) is 0. The summed E-state index contributed by atoms with van der Waals surface area (Å²) in [6.45, 7) is 4.13. The molecule has 0 atom stereocenters. The molecule has 0 radical (unpaired) electrons. The molecule has 26 heavy (non-hydrogen) atoms. The third-order valence-electron chi connectivity index (χ3n) is 3.19. The molecule has 1 heterocycles. The second-order valence-corrected chi connectivity index (χ2v) is 7.89. The fourth-order valence-electron chi connectivity index (χ4n) is 2.04. The van der Waals surface area contributed by atoms with Crippen molar-refractivity contribution in [1.29, 1.82) is 0 Å². The molecule has 1 N–H and O–H groups in total. The van der Waals surface area contributed by atoms with Crippen LogP contribution < -0.4 is 10.1 Å². The standard InChI is InChI=1S/C19H23NO4S2/c1-14(2)24-16-7-5-15(6-8-16)19(22)23-12-18(21)20-9-11-25-13-17-4-3-10-26-17/h3-8,10,14H,9,11-13H2,1-2H3,(H,20,21). The van der Waals surface area contributed by atoms with Crippen molar-refractivity contribution in [3.8, 4) is 5.75 Å². The SMILES string of the molecule is CC(C)Oc1ccc(C(=O)OCC(=O)NCCSCc2cccs2)cc1. The number of carbonyl (C=O) groups is 2. The van der Waals surface area contributed by atoms with E-state index in [1.165, 1.54) is 4.88 Å². The lowest BCUT2D eigenvalue weighted by Crippen LogP contribution is -2.30. The minimum absolute atomic E-state index is 0.0694. The monoisotopic (exact) mass is 393 g/mol. The van der Waals surface area contributed by atoms with Crippen LogP contribution in [0.25, 0.3) is 0 Å². The van der Waals surface area contributed by atoms with Crippen LogP contribution >= 0.6 is 23.1 Å². The van der Waals surface area contributed by atoms with E-state index < -0.39 is 5.97 Å². The Labute approximate surface area is 162 Å². The van der Waals surface area contributed by atoms with Crippen LogP contribution in [0.3, 0.4) is 0 Å². The Hall–Kier alpha value is -1.99. The van der Waals surface area contributed by atoms with E-state index in [0.29, 0.717) is 17.9 Å². The Morgan fingerprint density at radius 1 is 1.19 bits per heavy atom. The molecule has 0 spiro atoms. The smallest absolute Gasteiger partial charge is 0.338 e. The van der Waals surface area contributed by atoms with E-state index in [-0.39, 0.29) is 18.6 Å². The average Bonchev–Trinajstić information content (AvgIpc) is 3.13. The van der Waals surface area contributed by atoms with Crippen LogP contribution in [-0.4, -0.2) is 36.9 Å². The third-order valence-corrected chi connectivity index (χ3v) is 5.26. The summed E-state index contributed by atoms with van der Waals surface area (Å²) in [5.74, 6) is 1.63. The van der Waals surface area contributed by atoms with Gasteiger partial charge in [-0.3, -0.25) is 4.79 Å². The minimum Gasteiger partial charge on any atom is -0.491 e. The Kier molecular flexibility index (Phi) is 8.50. The second kappa shape index (κ2) is 10.9. The van der Waals surface area contributed by atoms with Gasteiger partial charge in [0.25, 0.3) is 5.91 Å². The zero-order valence-corrected chi connectivity index (χ0v) is 16.5. The van der Waals surface area contributed by atoms with E-state index in [0.717, 1.165) is 11.5 Å². The van der Waals surface area contributed by atoms with E-state index in [4.69, 9.17) is 9.47 Å². The maximum atomic E-state index is 11.9. The Morgan fingerprint density at radius 3 is 2.62 bits per heavy atom. The van der Waals surface area contributed by atoms with Gasteiger partial charge < -0.3 is 14.8 Å². The fourth-order valence-corrected chi connectivity index (χ4v) is 3.74. The van der Waals surface area contributed by atoms with Crippen molar-refractivity contribution >= 4 is 35.0 Å². The van der Waals surface area contributed by atoms with Crippen molar-refractivity contribution in [2.75, 3.05) is 18.9 Å². The fraction of sp³-hybridized carbons (Fsp3) is 0.368. The number of rotatable bonds is 10. The Balaban J connectivity index is 1.61. The van der Waals surface area contributed by atoms with Gasteiger partial charge in [0.1, 0.15) is 5.75 Å². The molecule has 2 rings (SSSR count). The quantitative estimate of drug-likeness (QED) is 0.492. The molecule has 1 aromatic heterocycles. The van der Waals surface area contributed by atoms with Crippen molar-refractivity contribution in [1.82, 2.24) is 5.32 Å². The van der Waals surface area contributed by atoms with Crippen molar-refractivity contribution < 1.29 is 19.1 Å². The molecule has 0 aliphatic heterocycles. The maximum absolute atomic E-state index is 11.9. The lowest BCUT2D eigenvalue weighted by Gasteiger charge is -2.10. The number of thiophene rings is 1. The zero-order valence-electron chi connectivity index (χ0n) is 14.9. The van der Waals surface area contributed by atoms with Crippen molar-refractivity contribution in [2.45, 2.75) is 25.7 Å². The lowest BCUT2D eigenvalue weighted by molar-refractivity contribution is -0.124. The summed E-state index contributed by atoms with van der Waals surface area (Å²) in [6.07, 6.45) is 0.0694. The summed E-state index contributed by atoms with van der Waals surface area (Å²) >= 11 is 3.48. The molecule has 1 amide bonds. The number of carbonyl (C=O) groups excluding carboxylic acids is 2. The lowest BCUT2D eigenvalue weighted by atomic mass is 10.2. The first-order valence-electron chi connectivity index (χ1n) is 8.35. The highest BCUT2D eigenvalue weighted by atomic mass is 32.2. The van der Waals surface area contributed by atoms with E-state index in [9.17, 15) is 9.59 Å². The van der Waals surface area contributed by atoms with E-state index in [2.05, 4.69) is 16.8 Å². The zero-order chi connectivity index (χ0) is 18.8. The predicted octanol–water partition coefficient (Wildman–Crippen LogP) is 3.74. The third kappa shape index (κ3) is 7.49. The topological polar surface area (TPSA) is 64.6 Å². The highest BCUT2D eigenvalue weighted by molar-refractivity contribution is 7.98. The summed E-state index contributed by atoms with van der Waals surface area (Å²) < 4.78 is 10.5. The summed E-state index contributed by atoms with van der Waals surface area (Å²) in [5.41, 5.74) is 0.389. The highest BCUT2D eigenvalue weighted by Gasteiger charge is 2.10. The molecule has 5 nitrogen and oxygen atoms in total. The number of nitrogens with one attached hydrogen (secondary N) is 1. The molecule has 7 heteroatoms. The highest BCUT2D eigenvalue weighted by Crippen LogP contribution is 2.16. The van der Waals surface area contributed by atoms with Gasteiger partial charge in [0.2, 0.25) is 0 Å².